The number of esters is 1. The number of sulfonamides is 1. The van der Waals surface area contributed by atoms with Crippen LogP contribution in [0.1, 0.15) is 21.7 Å². The van der Waals surface area contributed by atoms with E-state index in [1.54, 1.807) is 31.1 Å². The molecule has 2 heterocycles. The Bertz CT molecular complexity index is 602. The Labute approximate surface area is 127 Å². The number of thioether (sulfide) groups is 1. The van der Waals surface area contributed by atoms with Crippen molar-refractivity contribution in [1.29, 1.82) is 0 Å². The van der Waals surface area contributed by atoms with E-state index in [2.05, 4.69) is 4.74 Å². The Hall–Kier alpha value is -0.570. The molecule has 1 aliphatic heterocycles. The third-order valence-electron chi connectivity index (χ3n) is 3.35. The molecule has 5 nitrogen and oxygen atoms in total. The number of rotatable bonds is 4. The quantitative estimate of drug-likeness (QED) is 0.787. The molecule has 0 saturated carbocycles. The second-order valence-electron chi connectivity index (χ2n) is 4.61. The van der Waals surface area contributed by atoms with Gasteiger partial charge in [0, 0.05) is 18.8 Å². The molecule has 0 spiro atoms. The molecule has 0 bridgehead atoms. The predicted octanol–water partition coefficient (Wildman–Crippen LogP) is 1.97. The summed E-state index contributed by atoms with van der Waals surface area (Å²) in [5.74, 6) is 1.17. The van der Waals surface area contributed by atoms with Gasteiger partial charge >= 0.3 is 5.97 Å². The fourth-order valence-electron chi connectivity index (χ4n) is 2.14. The number of thiophene rings is 1. The zero-order chi connectivity index (χ0) is 14.9. The van der Waals surface area contributed by atoms with E-state index in [-0.39, 0.29) is 15.8 Å². The molecule has 20 heavy (non-hydrogen) atoms. The monoisotopic (exact) mass is 335 g/mol. The van der Waals surface area contributed by atoms with Crippen molar-refractivity contribution in [1.82, 2.24) is 4.31 Å². The van der Waals surface area contributed by atoms with E-state index in [1.165, 1.54) is 11.4 Å². The number of nitrogens with zero attached hydrogens (tertiary/aromatic N) is 1. The second kappa shape index (κ2) is 6.05. The Morgan fingerprint density at radius 3 is 2.75 bits per heavy atom. The van der Waals surface area contributed by atoms with Gasteiger partial charge in [-0.3, -0.25) is 0 Å². The van der Waals surface area contributed by atoms with Crippen molar-refractivity contribution in [3.05, 3.63) is 15.8 Å². The standard InChI is InChI=1S/C12H17NO4S3/c1-8-6-19-10(12(14)17-3)11(8)20(15,16)13(2)9-4-5-18-7-9/h6,9H,4-5,7H2,1-3H3. The molecule has 1 aliphatic rings. The van der Waals surface area contributed by atoms with Crippen molar-refractivity contribution in [2.75, 3.05) is 25.7 Å². The first kappa shape index (κ1) is 15.8. The maximum Gasteiger partial charge on any atom is 0.349 e. The van der Waals surface area contributed by atoms with Crippen molar-refractivity contribution in [2.45, 2.75) is 24.3 Å². The summed E-state index contributed by atoms with van der Waals surface area (Å²) in [7, 11) is -0.824. The molecule has 1 atom stereocenters. The average Bonchev–Trinajstić information content (AvgIpc) is 3.05. The maximum absolute atomic E-state index is 12.8. The molecule has 1 saturated heterocycles. The largest absolute Gasteiger partial charge is 0.465 e. The average molecular weight is 335 g/mol. The Morgan fingerprint density at radius 2 is 2.20 bits per heavy atom. The molecule has 2 rings (SSSR count). The SMILES string of the molecule is COC(=O)c1scc(C)c1S(=O)(=O)N(C)C1CCSC1. The minimum atomic E-state index is -3.67. The summed E-state index contributed by atoms with van der Waals surface area (Å²) in [6, 6.07) is -0.00482. The number of hydrogen-bond donors (Lipinski definition) is 0. The van der Waals surface area contributed by atoms with Gasteiger partial charge in [-0.25, -0.2) is 13.2 Å². The number of carbonyl (C=O) groups is 1. The summed E-state index contributed by atoms with van der Waals surface area (Å²) in [4.78, 5) is 12.0. The highest BCUT2D eigenvalue weighted by Gasteiger charge is 2.35. The van der Waals surface area contributed by atoms with Crippen LogP contribution in [-0.4, -0.2) is 50.4 Å². The maximum atomic E-state index is 12.8. The highest BCUT2D eigenvalue weighted by molar-refractivity contribution is 7.99. The number of aryl methyl sites for hydroxylation is 1. The van der Waals surface area contributed by atoms with Crippen LogP contribution < -0.4 is 0 Å². The number of methoxy groups -OCH3 is 1. The van der Waals surface area contributed by atoms with Gasteiger partial charge in [-0.15, -0.1) is 11.3 Å². The van der Waals surface area contributed by atoms with Crippen molar-refractivity contribution >= 4 is 39.1 Å². The van der Waals surface area contributed by atoms with Gasteiger partial charge in [0.1, 0.15) is 9.77 Å². The minimum absolute atomic E-state index is 0.00482. The molecule has 8 heteroatoms. The van der Waals surface area contributed by atoms with Crippen LogP contribution in [0.4, 0.5) is 0 Å². The predicted molar refractivity (Wildman–Crippen MR) is 81.1 cm³/mol. The molecule has 0 radical (unpaired) electrons. The van der Waals surface area contributed by atoms with Gasteiger partial charge in [-0.05, 0) is 30.0 Å². The zero-order valence-corrected chi connectivity index (χ0v) is 14.0. The lowest BCUT2D eigenvalue weighted by atomic mass is 10.3. The van der Waals surface area contributed by atoms with Gasteiger partial charge < -0.3 is 4.74 Å². The minimum Gasteiger partial charge on any atom is -0.465 e. The number of carbonyl (C=O) groups excluding carboxylic acids is 1. The van der Waals surface area contributed by atoms with Gasteiger partial charge in [0.25, 0.3) is 0 Å². The first-order chi connectivity index (χ1) is 9.39. The molecule has 1 aromatic rings. The van der Waals surface area contributed by atoms with Crippen molar-refractivity contribution < 1.29 is 17.9 Å². The highest BCUT2D eigenvalue weighted by Crippen LogP contribution is 2.32. The van der Waals surface area contributed by atoms with Crippen molar-refractivity contribution in [2.24, 2.45) is 0 Å². The fourth-order valence-corrected chi connectivity index (χ4v) is 6.54. The Morgan fingerprint density at radius 1 is 1.50 bits per heavy atom. The summed E-state index contributed by atoms with van der Waals surface area (Å²) >= 11 is 2.86. The Balaban J connectivity index is 2.43. The van der Waals surface area contributed by atoms with Crippen molar-refractivity contribution in [3.8, 4) is 0 Å². The molecule has 1 aromatic heterocycles. The highest BCUT2D eigenvalue weighted by atomic mass is 32.2. The normalized spacial score (nSPS) is 19.5. The number of hydrogen-bond acceptors (Lipinski definition) is 6. The first-order valence-electron chi connectivity index (χ1n) is 6.11. The van der Waals surface area contributed by atoms with E-state index in [4.69, 9.17) is 0 Å². The van der Waals surface area contributed by atoms with Crippen molar-refractivity contribution in [3.63, 3.8) is 0 Å². The van der Waals surface area contributed by atoms with Crippen LogP contribution in [0.3, 0.4) is 0 Å². The topological polar surface area (TPSA) is 63.7 Å². The van der Waals surface area contributed by atoms with E-state index < -0.39 is 16.0 Å². The van der Waals surface area contributed by atoms with E-state index in [9.17, 15) is 13.2 Å². The van der Waals surface area contributed by atoms with Crippen LogP contribution in [0.15, 0.2) is 10.3 Å². The van der Waals surface area contributed by atoms with Gasteiger partial charge in [-0.1, -0.05) is 0 Å². The van der Waals surface area contributed by atoms with E-state index in [0.717, 1.165) is 29.3 Å². The molecule has 1 unspecified atom stereocenters. The summed E-state index contributed by atoms with van der Waals surface area (Å²) in [6.45, 7) is 1.70. The van der Waals surface area contributed by atoms with Crippen LogP contribution in [0.25, 0.3) is 0 Å². The molecule has 0 amide bonds. The zero-order valence-electron chi connectivity index (χ0n) is 11.6. The molecule has 112 valence electrons. The van der Waals surface area contributed by atoms with Crippen LogP contribution in [0.5, 0.6) is 0 Å². The molecule has 0 N–H and O–H groups in total. The number of ether oxygens (including phenoxy) is 1. The van der Waals surface area contributed by atoms with Crippen LogP contribution in [-0.2, 0) is 14.8 Å². The van der Waals surface area contributed by atoms with E-state index in [0.29, 0.717) is 5.56 Å². The third kappa shape index (κ3) is 2.74. The smallest absolute Gasteiger partial charge is 0.349 e. The lowest BCUT2D eigenvalue weighted by molar-refractivity contribution is 0.0602. The van der Waals surface area contributed by atoms with Gasteiger partial charge in [0.2, 0.25) is 10.0 Å². The summed E-state index contributed by atoms with van der Waals surface area (Å²) in [5, 5.41) is 1.68. The molecule has 0 aromatic carbocycles. The molecule has 0 aliphatic carbocycles. The van der Waals surface area contributed by atoms with Crippen LogP contribution in [0.2, 0.25) is 0 Å². The van der Waals surface area contributed by atoms with Gasteiger partial charge in [-0.2, -0.15) is 16.1 Å². The second-order valence-corrected chi connectivity index (χ2v) is 8.57. The van der Waals surface area contributed by atoms with Crippen LogP contribution in [0, 0.1) is 6.92 Å². The lowest BCUT2D eigenvalue weighted by Gasteiger charge is -2.23. The van der Waals surface area contributed by atoms with Gasteiger partial charge in [0.15, 0.2) is 0 Å². The third-order valence-corrected chi connectivity index (χ3v) is 7.80. The summed E-state index contributed by atoms with van der Waals surface area (Å²) in [6.07, 6.45) is 0.844. The van der Waals surface area contributed by atoms with Crippen LogP contribution >= 0.6 is 23.1 Å². The van der Waals surface area contributed by atoms with E-state index in [1.807, 2.05) is 0 Å². The molecular weight excluding hydrogens is 318 g/mol. The Kier molecular flexibility index (Phi) is 4.78. The molecular formula is C12H17NO4S3. The summed E-state index contributed by atoms with van der Waals surface area (Å²) in [5.41, 5.74) is 0.591. The summed E-state index contributed by atoms with van der Waals surface area (Å²) < 4.78 is 31.6. The van der Waals surface area contributed by atoms with Gasteiger partial charge in [0.05, 0.1) is 7.11 Å². The fraction of sp³-hybridized carbons (Fsp3) is 0.583. The first-order valence-corrected chi connectivity index (χ1v) is 9.59. The lowest BCUT2D eigenvalue weighted by Crippen LogP contribution is -2.37. The molecule has 1 fully saturated rings. The van der Waals surface area contributed by atoms with E-state index >= 15 is 0 Å².